The highest BCUT2D eigenvalue weighted by molar-refractivity contribution is 6.73. The molecule has 0 bridgehead atoms. The van der Waals surface area contributed by atoms with Crippen LogP contribution in [-0.4, -0.2) is 8.63 Å². The van der Waals surface area contributed by atoms with E-state index >= 15 is 0 Å². The molecule has 0 heterocycles. The Hall–Kier alpha value is 1.19. The van der Waals surface area contributed by atoms with Gasteiger partial charge in [-0.2, -0.15) is 0 Å². The summed E-state index contributed by atoms with van der Waals surface area (Å²) in [6.07, 6.45) is 0. The first kappa shape index (κ1) is 12.8. The Morgan fingerprint density at radius 2 is 1.11 bits per heavy atom. The van der Waals surface area contributed by atoms with Crippen molar-refractivity contribution in [2.24, 2.45) is 0 Å². The van der Waals surface area contributed by atoms with E-state index in [0.29, 0.717) is 0 Å². The van der Waals surface area contributed by atoms with E-state index in [0.717, 1.165) is 0 Å². The van der Waals surface area contributed by atoms with Crippen LogP contribution in [0.1, 0.15) is 0 Å². The number of hydrogen-bond acceptors (Lipinski definition) is 0. The first-order valence-corrected chi connectivity index (χ1v) is 3.80. The molecule has 0 aromatic heterocycles. The zero-order valence-corrected chi connectivity index (χ0v) is 8.16. The third kappa shape index (κ3) is 9.19. The fraction of sp³-hybridized carbons (Fsp3) is 0.500. The third-order valence-corrected chi connectivity index (χ3v) is 2.23. The van der Waals surface area contributed by atoms with E-state index in [1.54, 1.807) is 0 Å². The molecule has 0 saturated heterocycles. The van der Waals surface area contributed by atoms with E-state index in [1.807, 2.05) is 0 Å². The van der Waals surface area contributed by atoms with Gasteiger partial charge in [-0.15, -0.1) is 36.4 Å². The normalized spacial score (nSPS) is 10.4. The second-order valence-electron chi connectivity index (χ2n) is 0.842. The zero-order valence-electron chi connectivity index (χ0n) is 4.38. The number of alkyl halides is 5. The van der Waals surface area contributed by atoms with Gasteiger partial charge in [0, 0.05) is 0 Å². The van der Waals surface area contributed by atoms with E-state index in [4.69, 9.17) is 58.0 Å². The average molecular weight is 230 g/mol. The highest BCUT2D eigenvalue weighted by Crippen LogP contribution is 2.35. The third-order valence-electron chi connectivity index (χ3n) is 0.247. The van der Waals surface area contributed by atoms with Crippen LogP contribution in [0.25, 0.3) is 0 Å². The predicted molar refractivity (Wildman–Crippen MR) is 47.0 cm³/mol. The Morgan fingerprint density at radius 1 is 1.00 bits per heavy atom. The van der Waals surface area contributed by atoms with Crippen molar-refractivity contribution in [2.75, 3.05) is 0 Å². The van der Waals surface area contributed by atoms with Crippen molar-refractivity contribution in [3.05, 3.63) is 13.2 Å². The van der Waals surface area contributed by atoms with E-state index in [1.165, 1.54) is 0 Å². The Labute approximate surface area is 79.7 Å². The van der Waals surface area contributed by atoms with Gasteiger partial charge in [-0.05, 0) is 0 Å². The molecule has 0 fully saturated rings. The van der Waals surface area contributed by atoms with Crippen LogP contribution in [0.5, 0.6) is 0 Å². The van der Waals surface area contributed by atoms with Gasteiger partial charge in [0.05, 0.1) is 0 Å². The lowest BCUT2D eigenvalue weighted by Crippen LogP contribution is -2.11. The van der Waals surface area contributed by atoms with Gasteiger partial charge in [-0.25, -0.2) is 0 Å². The van der Waals surface area contributed by atoms with Gasteiger partial charge < -0.3 is 0 Å². The molecular weight excluding hydrogens is 225 g/mol. The van der Waals surface area contributed by atoms with Gasteiger partial charge >= 0.3 is 0 Å². The summed E-state index contributed by atoms with van der Waals surface area (Å²) >= 11 is 25.7. The minimum absolute atomic E-state index is 0.961. The Morgan fingerprint density at radius 3 is 1.11 bits per heavy atom. The molecule has 0 aromatic carbocycles. The maximum atomic E-state index is 5.14. The van der Waals surface area contributed by atoms with Crippen LogP contribution >= 0.6 is 58.0 Å². The van der Waals surface area contributed by atoms with Crippen LogP contribution in [0, 0.1) is 0 Å². The van der Waals surface area contributed by atoms with Crippen molar-refractivity contribution in [2.45, 2.75) is 8.63 Å². The summed E-state index contributed by atoms with van der Waals surface area (Å²) in [4.78, 5) is -0.961. The lowest BCUT2D eigenvalue weighted by atomic mass is 10.9. The van der Waals surface area contributed by atoms with Crippen LogP contribution in [0.3, 0.4) is 0 Å². The SMILES string of the molecule is C=C.ClC(Cl)C(Cl)(Cl)Cl. The molecule has 0 spiro atoms. The van der Waals surface area contributed by atoms with Gasteiger partial charge in [-0.3, -0.25) is 0 Å². The fourth-order valence-corrected chi connectivity index (χ4v) is 0. The topological polar surface area (TPSA) is 0 Å². The maximum absolute atomic E-state index is 5.14. The van der Waals surface area contributed by atoms with Crippen LogP contribution in [-0.2, 0) is 0 Å². The number of hydrogen-bond donors (Lipinski definition) is 0. The number of rotatable bonds is 0. The van der Waals surface area contributed by atoms with Crippen molar-refractivity contribution in [3.8, 4) is 0 Å². The van der Waals surface area contributed by atoms with Gasteiger partial charge in [0.1, 0.15) is 0 Å². The predicted octanol–water partition coefficient (Wildman–Crippen LogP) is 3.96. The highest BCUT2D eigenvalue weighted by atomic mass is 35.6. The molecule has 9 heavy (non-hydrogen) atoms. The molecule has 5 heteroatoms. The van der Waals surface area contributed by atoms with Crippen molar-refractivity contribution in [3.63, 3.8) is 0 Å². The lowest BCUT2D eigenvalue weighted by molar-refractivity contribution is 1.19. The Kier molecular flexibility index (Phi) is 8.46. The first-order chi connectivity index (χ1) is 3.94. The molecule has 0 atom stereocenters. The second-order valence-corrected chi connectivity index (χ2v) is 4.31. The molecule has 0 saturated carbocycles. The van der Waals surface area contributed by atoms with Crippen molar-refractivity contribution < 1.29 is 0 Å². The monoisotopic (exact) mass is 228 g/mol. The quantitative estimate of drug-likeness (QED) is 0.436. The molecule has 0 aliphatic carbocycles. The summed E-state index contributed by atoms with van der Waals surface area (Å²) in [5.41, 5.74) is 0. The lowest BCUT2D eigenvalue weighted by Gasteiger charge is -2.09. The molecule has 0 unspecified atom stereocenters. The molecule has 0 amide bonds. The summed E-state index contributed by atoms with van der Waals surface area (Å²) in [6.45, 7) is 6.00. The van der Waals surface area contributed by atoms with Gasteiger partial charge in [0.2, 0.25) is 3.79 Å². The molecule has 0 aliphatic heterocycles. The van der Waals surface area contributed by atoms with E-state index in [2.05, 4.69) is 13.2 Å². The molecule has 0 N–H and O–H groups in total. The van der Waals surface area contributed by atoms with E-state index < -0.39 is 8.63 Å². The van der Waals surface area contributed by atoms with Crippen LogP contribution in [0.4, 0.5) is 0 Å². The summed E-state index contributed by atoms with van der Waals surface area (Å²) in [6, 6.07) is 0. The highest BCUT2D eigenvalue weighted by Gasteiger charge is 2.28. The fourth-order valence-electron chi connectivity index (χ4n) is 0. The Bertz CT molecular complexity index is 63.8. The summed E-state index contributed by atoms with van der Waals surface area (Å²) in [5, 5.41) is 0. The van der Waals surface area contributed by atoms with E-state index in [9.17, 15) is 0 Å². The van der Waals surface area contributed by atoms with Crippen LogP contribution < -0.4 is 0 Å². The van der Waals surface area contributed by atoms with Crippen LogP contribution in [0.2, 0.25) is 0 Å². The molecule has 0 radical (unpaired) electrons. The van der Waals surface area contributed by atoms with Gasteiger partial charge in [0.15, 0.2) is 4.84 Å². The number of halogens is 5. The van der Waals surface area contributed by atoms with Crippen molar-refractivity contribution in [1.82, 2.24) is 0 Å². The summed E-state index contributed by atoms with van der Waals surface area (Å²) < 4.78 is -1.55. The maximum Gasteiger partial charge on any atom is 0.220 e. The van der Waals surface area contributed by atoms with E-state index in [-0.39, 0.29) is 0 Å². The largest absolute Gasteiger partial charge is 0.220 e. The standard InChI is InChI=1S/C2HCl5.C2H4/c3-1(4)2(5,6)7;1-2/h1H;1-2H2. The molecule has 0 aromatic rings. The summed E-state index contributed by atoms with van der Waals surface area (Å²) in [7, 11) is 0. The molecular formula is C4H5Cl5. The second kappa shape index (κ2) is 5.94. The Balaban J connectivity index is 0. The molecule has 56 valence electrons. The van der Waals surface area contributed by atoms with Crippen molar-refractivity contribution >= 4 is 58.0 Å². The van der Waals surface area contributed by atoms with Crippen molar-refractivity contribution in [1.29, 1.82) is 0 Å². The van der Waals surface area contributed by atoms with Crippen LogP contribution in [0.15, 0.2) is 13.2 Å². The smallest absolute Gasteiger partial charge is 0.106 e. The summed E-state index contributed by atoms with van der Waals surface area (Å²) in [5.74, 6) is 0. The average Bonchev–Trinajstić information content (AvgIpc) is 1.69. The molecule has 0 rings (SSSR count). The first-order valence-electron chi connectivity index (χ1n) is 1.79. The molecule has 0 aliphatic rings. The minimum Gasteiger partial charge on any atom is -0.106 e. The van der Waals surface area contributed by atoms with Gasteiger partial charge in [0.25, 0.3) is 0 Å². The zero-order chi connectivity index (χ0) is 8.08. The van der Waals surface area contributed by atoms with Gasteiger partial charge in [-0.1, -0.05) is 34.8 Å². The molecule has 0 nitrogen and oxygen atoms in total. The minimum atomic E-state index is -1.55.